The summed E-state index contributed by atoms with van der Waals surface area (Å²) in [6.45, 7) is 0. The number of nitrogens with zero attached hydrogens (tertiary/aromatic N) is 2. The van der Waals surface area contributed by atoms with Crippen molar-refractivity contribution in [2.75, 3.05) is 7.11 Å². The molecule has 0 radical (unpaired) electrons. The Morgan fingerprint density at radius 1 is 1.00 bits per heavy atom. The second-order valence-electron chi connectivity index (χ2n) is 10.3. The van der Waals surface area contributed by atoms with Crippen LogP contribution in [0.5, 0.6) is 5.88 Å². The minimum absolute atomic E-state index is 0.294. The Hall–Kier alpha value is -3.41. The number of benzene rings is 1. The molecule has 0 amide bonds. The Morgan fingerprint density at radius 2 is 1.89 bits per heavy atom. The van der Waals surface area contributed by atoms with Crippen molar-refractivity contribution in [2.45, 2.75) is 53.8 Å². The number of thioether (sulfide) groups is 1. The van der Waals surface area contributed by atoms with E-state index in [0.29, 0.717) is 22.9 Å². The van der Waals surface area contributed by atoms with Crippen molar-refractivity contribution >= 4 is 22.9 Å². The summed E-state index contributed by atoms with van der Waals surface area (Å²) in [4.78, 5) is 11.0. The molecule has 4 nitrogen and oxygen atoms in total. The second kappa shape index (κ2) is 9.72. The summed E-state index contributed by atoms with van der Waals surface area (Å²) in [5.41, 5.74) is 8.90. The van der Waals surface area contributed by atoms with Crippen LogP contribution in [0.25, 0.3) is 11.1 Å². The number of aliphatic hydroxyl groups is 1. The number of rotatable bonds is 4. The first-order valence-electron chi connectivity index (χ1n) is 13.5. The molecule has 4 aliphatic carbocycles. The van der Waals surface area contributed by atoms with Gasteiger partial charge in [-0.25, -0.2) is 4.98 Å². The Labute approximate surface area is 227 Å². The third-order valence-corrected chi connectivity index (χ3v) is 9.36. The zero-order chi connectivity index (χ0) is 25.6. The molecule has 0 saturated heterocycles. The van der Waals surface area contributed by atoms with Gasteiger partial charge >= 0.3 is 0 Å². The van der Waals surface area contributed by atoms with Crippen LogP contribution in [0.4, 0.5) is 0 Å². The predicted molar refractivity (Wildman–Crippen MR) is 154 cm³/mol. The van der Waals surface area contributed by atoms with Crippen LogP contribution in [0, 0.1) is 0 Å². The van der Waals surface area contributed by atoms with E-state index in [1.54, 1.807) is 13.2 Å². The number of hydrogen-bond acceptors (Lipinski definition) is 5. The first-order valence-corrected chi connectivity index (χ1v) is 14.3. The first-order chi connectivity index (χ1) is 18.7. The summed E-state index contributed by atoms with van der Waals surface area (Å²) in [7, 11) is 1.64. The van der Waals surface area contributed by atoms with Gasteiger partial charge in [0.15, 0.2) is 0 Å². The van der Waals surface area contributed by atoms with Crippen LogP contribution in [-0.2, 0) is 0 Å². The molecule has 2 heterocycles. The van der Waals surface area contributed by atoms with E-state index < -0.39 is 6.10 Å². The van der Waals surface area contributed by atoms with Gasteiger partial charge in [-0.1, -0.05) is 72.9 Å². The molecule has 1 aliphatic heterocycles. The van der Waals surface area contributed by atoms with Crippen LogP contribution in [0.3, 0.4) is 0 Å². The number of fused-ring (bicyclic) bond motifs is 4. The number of hydrogen-bond donors (Lipinski definition) is 1. The molecule has 0 spiro atoms. The minimum Gasteiger partial charge on any atom is -0.481 e. The van der Waals surface area contributed by atoms with Gasteiger partial charge in [0, 0.05) is 27.7 Å². The number of aromatic nitrogens is 2. The van der Waals surface area contributed by atoms with Gasteiger partial charge in [0.25, 0.3) is 0 Å². The van der Waals surface area contributed by atoms with Gasteiger partial charge in [-0.3, -0.25) is 0 Å². The second-order valence-corrected chi connectivity index (χ2v) is 11.6. The van der Waals surface area contributed by atoms with Crippen molar-refractivity contribution in [2.24, 2.45) is 0 Å². The molecule has 1 aromatic heterocycles. The molecular weight excluding hydrogens is 488 g/mol. The third kappa shape index (κ3) is 4.05. The largest absolute Gasteiger partial charge is 0.481 e. The van der Waals surface area contributed by atoms with E-state index in [2.05, 4.69) is 59.6 Å². The molecule has 7 rings (SSSR count). The fraction of sp³-hybridized carbons (Fsp3) is 0.273. The molecule has 38 heavy (non-hydrogen) atoms. The fourth-order valence-electron chi connectivity index (χ4n) is 6.20. The molecule has 1 aromatic carbocycles. The van der Waals surface area contributed by atoms with Crippen LogP contribution in [0.15, 0.2) is 101 Å². The highest BCUT2D eigenvalue weighted by Gasteiger charge is 2.40. The SMILES string of the molecule is COc1cc(C2=CC3Sc4cc(C5=CCCC=C5)ccc4C3C3=C2CCC=C3)nc(C2C=CC=CC2O)n1. The van der Waals surface area contributed by atoms with Gasteiger partial charge in [0.05, 0.1) is 24.8 Å². The molecule has 0 saturated carbocycles. The lowest BCUT2D eigenvalue weighted by Gasteiger charge is -2.31. The summed E-state index contributed by atoms with van der Waals surface area (Å²) in [5.74, 6) is 1.17. The maximum Gasteiger partial charge on any atom is 0.216 e. The van der Waals surface area contributed by atoms with E-state index in [1.165, 1.54) is 38.3 Å². The fourth-order valence-corrected chi connectivity index (χ4v) is 7.66. The standard InChI is InChI=1S/C33H30N2O2S/c1-37-31-19-27(34-33(35-31)24-13-7-8-14-28(24)36)26-18-30-32(23-12-6-5-11-22(23)26)25-16-15-21(17-29(25)38-30)20-9-3-2-4-10-20/h3,6-10,12-19,24,28,30,32,36H,2,4-5,11H2,1H3. The lowest BCUT2D eigenvalue weighted by Crippen LogP contribution is -2.21. The van der Waals surface area contributed by atoms with Crippen molar-refractivity contribution in [3.8, 4) is 5.88 Å². The van der Waals surface area contributed by atoms with Crippen LogP contribution in [0.1, 0.15) is 60.2 Å². The molecule has 4 unspecified atom stereocenters. The first kappa shape index (κ1) is 23.7. The van der Waals surface area contributed by atoms with Gasteiger partial charge in [-0.15, -0.1) is 11.8 Å². The summed E-state index contributed by atoms with van der Waals surface area (Å²) in [5, 5.41) is 10.9. The Balaban J connectivity index is 1.31. The van der Waals surface area contributed by atoms with E-state index >= 15 is 0 Å². The van der Waals surface area contributed by atoms with Gasteiger partial charge in [-0.2, -0.15) is 4.98 Å². The summed E-state index contributed by atoms with van der Waals surface area (Å²) in [6.07, 6.45) is 25.1. The molecule has 4 atom stereocenters. The van der Waals surface area contributed by atoms with E-state index in [0.717, 1.165) is 31.4 Å². The highest BCUT2D eigenvalue weighted by Crippen LogP contribution is 2.56. The molecule has 0 fully saturated rings. The Kier molecular flexibility index (Phi) is 6.06. The van der Waals surface area contributed by atoms with Crippen molar-refractivity contribution in [3.05, 3.63) is 119 Å². The van der Waals surface area contributed by atoms with Crippen molar-refractivity contribution in [1.29, 1.82) is 0 Å². The van der Waals surface area contributed by atoms with Crippen LogP contribution < -0.4 is 4.74 Å². The summed E-state index contributed by atoms with van der Waals surface area (Å²) < 4.78 is 5.61. The number of ether oxygens (including phenoxy) is 1. The van der Waals surface area contributed by atoms with Crippen LogP contribution in [0.2, 0.25) is 0 Å². The molecule has 0 bridgehead atoms. The molecule has 5 heteroatoms. The Bertz CT molecular complexity index is 1520. The molecule has 5 aliphatic rings. The highest BCUT2D eigenvalue weighted by molar-refractivity contribution is 8.00. The quantitative estimate of drug-likeness (QED) is 0.468. The number of allylic oxidation sites excluding steroid dienone is 11. The third-order valence-electron chi connectivity index (χ3n) is 8.08. The monoisotopic (exact) mass is 518 g/mol. The van der Waals surface area contributed by atoms with Crippen molar-refractivity contribution < 1.29 is 9.84 Å². The maximum absolute atomic E-state index is 10.6. The number of methoxy groups -OCH3 is 1. The van der Waals surface area contributed by atoms with Gasteiger partial charge in [0.1, 0.15) is 5.82 Å². The van der Waals surface area contributed by atoms with Crippen molar-refractivity contribution in [3.63, 3.8) is 0 Å². The predicted octanol–water partition coefficient (Wildman–Crippen LogP) is 7.09. The minimum atomic E-state index is -0.653. The molecule has 2 aromatic rings. The maximum atomic E-state index is 10.6. The molecular formula is C33H30N2O2S. The number of aliphatic hydroxyl groups excluding tert-OH is 1. The smallest absolute Gasteiger partial charge is 0.216 e. The molecule has 190 valence electrons. The zero-order valence-electron chi connectivity index (χ0n) is 21.4. The lowest BCUT2D eigenvalue weighted by atomic mass is 9.75. The van der Waals surface area contributed by atoms with Crippen LogP contribution >= 0.6 is 11.8 Å². The molecule has 1 N–H and O–H groups in total. The van der Waals surface area contributed by atoms with E-state index in [4.69, 9.17) is 9.72 Å². The Morgan fingerprint density at radius 3 is 2.74 bits per heavy atom. The average Bonchev–Trinajstić information content (AvgIpc) is 3.35. The van der Waals surface area contributed by atoms with E-state index in [-0.39, 0.29) is 5.92 Å². The topological polar surface area (TPSA) is 55.2 Å². The summed E-state index contributed by atoms with van der Waals surface area (Å²) >= 11 is 1.96. The van der Waals surface area contributed by atoms with Crippen LogP contribution in [-0.4, -0.2) is 33.5 Å². The van der Waals surface area contributed by atoms with Gasteiger partial charge < -0.3 is 9.84 Å². The highest BCUT2D eigenvalue weighted by atomic mass is 32.2. The zero-order valence-corrected chi connectivity index (χ0v) is 22.2. The summed E-state index contributed by atoms with van der Waals surface area (Å²) in [6, 6.07) is 8.98. The normalized spacial score (nSPS) is 27.0. The average molecular weight is 519 g/mol. The van der Waals surface area contributed by atoms with Crippen molar-refractivity contribution in [1.82, 2.24) is 9.97 Å². The van der Waals surface area contributed by atoms with Gasteiger partial charge in [0.2, 0.25) is 5.88 Å². The van der Waals surface area contributed by atoms with Gasteiger partial charge in [-0.05, 0) is 59.6 Å². The van der Waals surface area contributed by atoms with E-state index in [9.17, 15) is 5.11 Å². The van der Waals surface area contributed by atoms with E-state index in [1.807, 2.05) is 36.1 Å². The lowest BCUT2D eigenvalue weighted by molar-refractivity contribution is 0.202.